The van der Waals surface area contributed by atoms with Crippen LogP contribution in [0.1, 0.15) is 18.7 Å². The number of nitrogens with one attached hydrogen (secondary N) is 1. The first-order valence-corrected chi connectivity index (χ1v) is 15.2. The number of H-pyrrole nitrogens is 1. The predicted octanol–water partition coefficient (Wildman–Crippen LogP) is 6.76. The number of halogens is 2. The van der Waals surface area contributed by atoms with Crippen molar-refractivity contribution in [3.05, 3.63) is 84.0 Å². The molecule has 1 atom stereocenters. The molecular weight excluding hydrogens is 598 g/mol. The van der Waals surface area contributed by atoms with Crippen LogP contribution in [-0.4, -0.2) is 62.6 Å². The standard InChI is InChI=1S/C33H28F2N6O3S/c1-4-28(42)40-16-18(2)41-22(17-40)14-26(39-41)32-30(29-24(35)12-21(34)13-27(29)44-9-8-43-3)33-23(7-10-45-33)31(37-32)19-5-6-25-20(11-19)15-36-38-25/h4-7,10-15,18H,1,8-9,16-17H2,2-3H3,(H,36,38)/t18-/m0/s1. The van der Waals surface area contributed by atoms with E-state index in [4.69, 9.17) is 19.6 Å². The van der Waals surface area contributed by atoms with Crippen molar-refractivity contribution < 1.29 is 23.0 Å². The van der Waals surface area contributed by atoms with Crippen molar-refractivity contribution in [2.24, 2.45) is 0 Å². The number of nitrogens with zero attached hydrogens (tertiary/aromatic N) is 5. The van der Waals surface area contributed by atoms with E-state index in [1.165, 1.54) is 30.6 Å². The first-order valence-electron chi connectivity index (χ1n) is 14.3. The van der Waals surface area contributed by atoms with E-state index in [0.29, 0.717) is 35.7 Å². The maximum atomic E-state index is 16.0. The monoisotopic (exact) mass is 626 g/mol. The van der Waals surface area contributed by atoms with Gasteiger partial charge in [0.05, 0.1) is 47.9 Å². The van der Waals surface area contributed by atoms with Gasteiger partial charge in [-0.2, -0.15) is 10.2 Å². The van der Waals surface area contributed by atoms with Gasteiger partial charge in [0.25, 0.3) is 0 Å². The molecule has 0 spiro atoms. The molecule has 1 aliphatic heterocycles. The SMILES string of the molecule is C=CC(=O)N1Cc2cc(-c3nc(-c4ccc5[nH]ncc5c4)c4ccsc4c3-c3c(F)cc(F)cc3OCCOC)nn2[C@@H](C)C1. The maximum absolute atomic E-state index is 16.0. The van der Waals surface area contributed by atoms with Crippen LogP contribution < -0.4 is 4.74 Å². The molecule has 0 radical (unpaired) electrons. The van der Waals surface area contributed by atoms with E-state index in [-0.39, 0.29) is 36.5 Å². The summed E-state index contributed by atoms with van der Waals surface area (Å²) in [6.45, 7) is 6.73. The number of thiophene rings is 1. The van der Waals surface area contributed by atoms with Crippen molar-refractivity contribution in [2.45, 2.75) is 19.5 Å². The molecule has 9 nitrogen and oxygen atoms in total. The predicted molar refractivity (Wildman–Crippen MR) is 169 cm³/mol. The van der Waals surface area contributed by atoms with Crippen LogP contribution in [-0.2, 0) is 16.1 Å². The molecule has 0 aliphatic carbocycles. The first-order chi connectivity index (χ1) is 21.9. The summed E-state index contributed by atoms with van der Waals surface area (Å²) in [4.78, 5) is 19.4. The Balaban J connectivity index is 1.50. The number of fused-ring (bicyclic) bond motifs is 3. The van der Waals surface area contributed by atoms with E-state index in [9.17, 15) is 9.18 Å². The van der Waals surface area contributed by atoms with Crippen LogP contribution in [0.25, 0.3) is 54.8 Å². The number of rotatable bonds is 8. The van der Waals surface area contributed by atoms with E-state index >= 15 is 4.39 Å². The van der Waals surface area contributed by atoms with Gasteiger partial charge < -0.3 is 14.4 Å². The molecule has 2 aromatic carbocycles. The van der Waals surface area contributed by atoms with Gasteiger partial charge in [-0.05, 0) is 42.6 Å². The zero-order valence-electron chi connectivity index (χ0n) is 24.5. The molecule has 12 heteroatoms. The minimum absolute atomic E-state index is 0.0370. The Morgan fingerprint density at radius 1 is 1.16 bits per heavy atom. The molecule has 1 aliphatic rings. The van der Waals surface area contributed by atoms with E-state index in [1.54, 1.807) is 11.1 Å². The zero-order chi connectivity index (χ0) is 31.2. The number of pyridine rings is 1. The molecule has 6 aromatic rings. The zero-order valence-corrected chi connectivity index (χ0v) is 25.3. The summed E-state index contributed by atoms with van der Waals surface area (Å²) in [7, 11) is 1.53. The Labute approximate surface area is 260 Å². The van der Waals surface area contributed by atoms with Crippen molar-refractivity contribution in [1.82, 2.24) is 29.9 Å². The number of hydrogen-bond acceptors (Lipinski definition) is 7. The van der Waals surface area contributed by atoms with Crippen LogP contribution in [0.5, 0.6) is 5.75 Å². The lowest BCUT2D eigenvalue weighted by atomic mass is 9.96. The summed E-state index contributed by atoms with van der Waals surface area (Å²) >= 11 is 1.43. The molecule has 4 aromatic heterocycles. The van der Waals surface area contributed by atoms with E-state index in [0.717, 1.165) is 38.3 Å². The van der Waals surface area contributed by atoms with Gasteiger partial charge in [0.2, 0.25) is 5.91 Å². The number of ether oxygens (including phenoxy) is 2. The lowest BCUT2D eigenvalue weighted by molar-refractivity contribution is -0.127. The van der Waals surface area contributed by atoms with Crippen LogP contribution in [0.2, 0.25) is 0 Å². The highest BCUT2D eigenvalue weighted by Crippen LogP contribution is 2.47. The summed E-state index contributed by atoms with van der Waals surface area (Å²) in [6, 6.07) is 11.6. The highest BCUT2D eigenvalue weighted by atomic mass is 32.1. The Morgan fingerprint density at radius 2 is 2.02 bits per heavy atom. The molecule has 0 fully saturated rings. The van der Waals surface area contributed by atoms with Gasteiger partial charge in [-0.15, -0.1) is 11.3 Å². The van der Waals surface area contributed by atoms with E-state index < -0.39 is 11.6 Å². The second-order valence-electron chi connectivity index (χ2n) is 10.9. The Bertz CT molecular complexity index is 2100. The average molecular weight is 627 g/mol. The summed E-state index contributed by atoms with van der Waals surface area (Å²) in [5.41, 5.74) is 4.64. The topological polar surface area (TPSA) is 98.2 Å². The fraction of sp³-hybridized carbons (Fsp3) is 0.212. The number of aromatic amines is 1. The third-order valence-corrected chi connectivity index (χ3v) is 8.86. The molecule has 0 bridgehead atoms. The van der Waals surface area contributed by atoms with Crippen LogP contribution in [0, 0.1) is 11.6 Å². The fourth-order valence-corrected chi connectivity index (χ4v) is 6.84. The summed E-state index contributed by atoms with van der Waals surface area (Å²) < 4.78 is 44.2. The molecular formula is C33H28F2N6O3S. The van der Waals surface area contributed by atoms with Gasteiger partial charge >= 0.3 is 0 Å². The lowest BCUT2D eigenvalue weighted by Gasteiger charge is -2.31. The number of amides is 1. The second kappa shape index (κ2) is 11.5. The van der Waals surface area contributed by atoms with Gasteiger partial charge in [-0.1, -0.05) is 12.6 Å². The van der Waals surface area contributed by atoms with Crippen molar-refractivity contribution in [3.63, 3.8) is 0 Å². The summed E-state index contributed by atoms with van der Waals surface area (Å²) in [6.07, 6.45) is 3.05. The smallest absolute Gasteiger partial charge is 0.246 e. The molecule has 0 saturated heterocycles. The number of benzene rings is 2. The van der Waals surface area contributed by atoms with Crippen LogP contribution in [0.15, 0.2) is 66.7 Å². The van der Waals surface area contributed by atoms with Gasteiger partial charge in [-0.25, -0.2) is 13.8 Å². The minimum Gasteiger partial charge on any atom is -0.490 e. The lowest BCUT2D eigenvalue weighted by Crippen LogP contribution is -2.39. The third-order valence-electron chi connectivity index (χ3n) is 7.93. The normalized spacial score (nSPS) is 14.7. The van der Waals surface area contributed by atoms with Crippen molar-refractivity contribution in [2.75, 3.05) is 26.9 Å². The second-order valence-corrected chi connectivity index (χ2v) is 11.8. The highest BCUT2D eigenvalue weighted by molar-refractivity contribution is 7.18. The Kier molecular flexibility index (Phi) is 7.38. The number of carbonyl (C=O) groups excluding carboxylic acids is 1. The average Bonchev–Trinajstić information content (AvgIpc) is 3.80. The van der Waals surface area contributed by atoms with Crippen molar-refractivity contribution >= 4 is 38.2 Å². The van der Waals surface area contributed by atoms with Crippen LogP contribution >= 0.6 is 11.3 Å². The molecule has 228 valence electrons. The number of hydrogen-bond donors (Lipinski definition) is 1. The van der Waals surface area contributed by atoms with Gasteiger partial charge in [0, 0.05) is 52.4 Å². The van der Waals surface area contributed by atoms with E-state index in [2.05, 4.69) is 16.8 Å². The maximum Gasteiger partial charge on any atom is 0.246 e. The molecule has 0 unspecified atom stereocenters. The summed E-state index contributed by atoms with van der Waals surface area (Å²) in [5, 5.41) is 15.7. The van der Waals surface area contributed by atoms with Gasteiger partial charge in [-0.3, -0.25) is 14.6 Å². The number of carbonyl (C=O) groups is 1. The summed E-state index contributed by atoms with van der Waals surface area (Å²) in [5.74, 6) is -1.68. The van der Waals surface area contributed by atoms with Gasteiger partial charge in [0.1, 0.15) is 35.4 Å². The third kappa shape index (κ3) is 5.05. The molecule has 45 heavy (non-hydrogen) atoms. The number of methoxy groups -OCH3 is 1. The number of aromatic nitrogens is 5. The van der Waals surface area contributed by atoms with Crippen molar-refractivity contribution in [3.8, 4) is 39.5 Å². The molecule has 1 N–H and O–H groups in total. The Morgan fingerprint density at radius 3 is 2.84 bits per heavy atom. The minimum atomic E-state index is -0.784. The molecule has 5 heterocycles. The quantitative estimate of drug-likeness (QED) is 0.148. The van der Waals surface area contributed by atoms with Crippen LogP contribution in [0.4, 0.5) is 8.78 Å². The largest absolute Gasteiger partial charge is 0.490 e. The van der Waals surface area contributed by atoms with E-state index in [1.807, 2.05) is 47.3 Å². The molecule has 1 amide bonds. The Hall–Kier alpha value is -4.94. The fourth-order valence-electron chi connectivity index (χ4n) is 5.90. The van der Waals surface area contributed by atoms with Crippen molar-refractivity contribution in [1.29, 1.82) is 0 Å². The highest BCUT2D eigenvalue weighted by Gasteiger charge is 2.30. The van der Waals surface area contributed by atoms with Crippen LogP contribution in [0.3, 0.4) is 0 Å². The molecule has 0 saturated carbocycles. The van der Waals surface area contributed by atoms with Gasteiger partial charge in [0.15, 0.2) is 0 Å². The first kappa shape index (κ1) is 28.8. The molecule has 7 rings (SSSR count).